The Morgan fingerprint density at radius 2 is 1.74 bits per heavy atom. The Morgan fingerprint density at radius 1 is 1.16 bits per heavy atom. The molecule has 0 amide bonds. The number of hydrogen-bond acceptors (Lipinski definition) is 2. The molecule has 1 atom stereocenters. The molecule has 1 fully saturated rings. The summed E-state index contributed by atoms with van der Waals surface area (Å²) >= 11 is 0. The molecule has 0 radical (unpaired) electrons. The van der Waals surface area contributed by atoms with E-state index in [1.807, 2.05) is 0 Å². The molecule has 2 rings (SSSR count). The minimum absolute atomic E-state index is 0.374. The predicted molar refractivity (Wildman–Crippen MR) is 76.5 cm³/mol. The maximum Gasteiger partial charge on any atom is 0.321 e. The van der Waals surface area contributed by atoms with Gasteiger partial charge in [0, 0.05) is 0 Å². The van der Waals surface area contributed by atoms with Gasteiger partial charge in [-0.05, 0) is 51.8 Å². The van der Waals surface area contributed by atoms with E-state index in [9.17, 15) is 9.90 Å². The second-order valence-corrected chi connectivity index (χ2v) is 5.65. The average molecular weight is 261 g/mol. The van der Waals surface area contributed by atoms with Gasteiger partial charge in [-0.2, -0.15) is 0 Å². The van der Waals surface area contributed by atoms with Gasteiger partial charge in [0.05, 0.1) is 0 Å². The fourth-order valence-corrected chi connectivity index (χ4v) is 3.01. The monoisotopic (exact) mass is 261 g/mol. The van der Waals surface area contributed by atoms with Crippen LogP contribution in [0.2, 0.25) is 0 Å². The van der Waals surface area contributed by atoms with Crippen LogP contribution in [0.15, 0.2) is 18.2 Å². The third kappa shape index (κ3) is 3.80. The predicted octanol–water partition coefficient (Wildman–Crippen LogP) is 2.79. The van der Waals surface area contributed by atoms with E-state index >= 15 is 0 Å². The van der Waals surface area contributed by atoms with Crippen molar-refractivity contribution in [1.29, 1.82) is 0 Å². The zero-order chi connectivity index (χ0) is 13.8. The number of aryl methyl sites for hydroxylation is 2. The molecule has 1 aromatic carbocycles. The van der Waals surface area contributed by atoms with Crippen LogP contribution in [0.4, 0.5) is 0 Å². The van der Waals surface area contributed by atoms with E-state index < -0.39 is 5.97 Å². The fraction of sp³-hybridized carbons (Fsp3) is 0.562. The lowest BCUT2D eigenvalue weighted by Gasteiger charge is -2.32. The number of benzene rings is 1. The maximum absolute atomic E-state index is 11.5. The fourth-order valence-electron chi connectivity index (χ4n) is 3.01. The Kier molecular flexibility index (Phi) is 4.59. The van der Waals surface area contributed by atoms with Gasteiger partial charge in [-0.3, -0.25) is 9.69 Å². The summed E-state index contributed by atoms with van der Waals surface area (Å²) in [6.45, 7) is 5.96. The van der Waals surface area contributed by atoms with Gasteiger partial charge in [0.25, 0.3) is 0 Å². The number of carboxylic acid groups (broad SMARTS) is 1. The van der Waals surface area contributed by atoms with E-state index in [0.717, 1.165) is 31.5 Å². The number of carboxylic acids is 1. The Labute approximate surface area is 115 Å². The lowest BCUT2D eigenvalue weighted by atomic mass is 9.99. The summed E-state index contributed by atoms with van der Waals surface area (Å²) in [7, 11) is 0. The summed E-state index contributed by atoms with van der Waals surface area (Å²) < 4.78 is 0. The van der Waals surface area contributed by atoms with Crippen LogP contribution >= 0.6 is 0 Å². The second kappa shape index (κ2) is 6.20. The topological polar surface area (TPSA) is 40.5 Å². The van der Waals surface area contributed by atoms with E-state index in [-0.39, 0.29) is 6.04 Å². The van der Waals surface area contributed by atoms with Gasteiger partial charge in [0.15, 0.2) is 0 Å². The Hall–Kier alpha value is -1.35. The van der Waals surface area contributed by atoms with Gasteiger partial charge >= 0.3 is 5.97 Å². The van der Waals surface area contributed by atoms with E-state index in [1.54, 1.807) is 0 Å². The molecular formula is C16H23NO2. The van der Waals surface area contributed by atoms with Gasteiger partial charge in [-0.25, -0.2) is 0 Å². The van der Waals surface area contributed by atoms with Gasteiger partial charge < -0.3 is 5.11 Å². The first-order valence-corrected chi connectivity index (χ1v) is 7.10. The molecule has 1 heterocycles. The van der Waals surface area contributed by atoms with Crippen LogP contribution in [0.3, 0.4) is 0 Å². The quantitative estimate of drug-likeness (QED) is 0.906. The molecule has 1 saturated heterocycles. The molecule has 104 valence electrons. The van der Waals surface area contributed by atoms with Crippen LogP contribution in [-0.2, 0) is 11.2 Å². The molecule has 0 bridgehead atoms. The maximum atomic E-state index is 11.5. The summed E-state index contributed by atoms with van der Waals surface area (Å²) in [6, 6.07) is 5.96. The van der Waals surface area contributed by atoms with Crippen molar-refractivity contribution in [1.82, 2.24) is 4.90 Å². The van der Waals surface area contributed by atoms with Gasteiger partial charge in [0.2, 0.25) is 0 Å². The SMILES string of the molecule is Cc1cc(C)cc(CC(C(=O)O)N2CCCCC2)c1. The third-order valence-electron chi connectivity index (χ3n) is 3.83. The molecule has 1 aliphatic heterocycles. The van der Waals surface area contributed by atoms with Crippen molar-refractivity contribution in [2.45, 2.75) is 45.6 Å². The van der Waals surface area contributed by atoms with Crippen molar-refractivity contribution >= 4 is 5.97 Å². The highest BCUT2D eigenvalue weighted by molar-refractivity contribution is 5.74. The number of rotatable bonds is 4. The van der Waals surface area contributed by atoms with Crippen LogP contribution in [0.1, 0.15) is 36.0 Å². The van der Waals surface area contributed by atoms with E-state index in [2.05, 4.69) is 36.9 Å². The molecule has 0 aromatic heterocycles. The standard InChI is InChI=1S/C16H23NO2/c1-12-8-13(2)10-14(9-12)11-15(16(18)19)17-6-4-3-5-7-17/h8-10,15H,3-7,11H2,1-2H3,(H,18,19). The van der Waals surface area contributed by atoms with Gasteiger partial charge in [-0.1, -0.05) is 35.7 Å². The highest BCUT2D eigenvalue weighted by atomic mass is 16.4. The van der Waals surface area contributed by atoms with Gasteiger partial charge in [-0.15, -0.1) is 0 Å². The zero-order valence-electron chi connectivity index (χ0n) is 11.9. The highest BCUT2D eigenvalue weighted by Crippen LogP contribution is 2.17. The first-order chi connectivity index (χ1) is 9.06. The minimum atomic E-state index is -0.693. The molecule has 0 saturated carbocycles. The largest absolute Gasteiger partial charge is 0.480 e. The Balaban J connectivity index is 2.13. The highest BCUT2D eigenvalue weighted by Gasteiger charge is 2.26. The Bertz CT molecular complexity index is 430. The number of carbonyl (C=O) groups is 1. The van der Waals surface area contributed by atoms with Crippen LogP contribution < -0.4 is 0 Å². The smallest absolute Gasteiger partial charge is 0.321 e. The van der Waals surface area contributed by atoms with Crippen molar-refractivity contribution in [3.05, 3.63) is 34.9 Å². The van der Waals surface area contributed by atoms with Crippen molar-refractivity contribution in [3.63, 3.8) is 0 Å². The summed E-state index contributed by atoms with van der Waals surface area (Å²) in [5.74, 6) is -0.693. The van der Waals surface area contributed by atoms with Crippen LogP contribution in [-0.4, -0.2) is 35.1 Å². The van der Waals surface area contributed by atoms with Crippen molar-refractivity contribution in [2.24, 2.45) is 0 Å². The zero-order valence-corrected chi connectivity index (χ0v) is 11.9. The molecule has 0 aliphatic carbocycles. The number of likely N-dealkylation sites (tertiary alicyclic amines) is 1. The van der Waals surface area contributed by atoms with E-state index in [0.29, 0.717) is 6.42 Å². The summed E-state index contributed by atoms with van der Waals surface area (Å²) in [4.78, 5) is 13.7. The molecular weight excluding hydrogens is 238 g/mol. The third-order valence-corrected chi connectivity index (χ3v) is 3.83. The van der Waals surface area contributed by atoms with Crippen molar-refractivity contribution in [2.75, 3.05) is 13.1 Å². The number of hydrogen-bond donors (Lipinski definition) is 1. The number of aliphatic carboxylic acids is 1. The molecule has 0 spiro atoms. The molecule has 1 aliphatic rings. The normalized spacial score (nSPS) is 18.2. The van der Waals surface area contributed by atoms with Gasteiger partial charge in [0.1, 0.15) is 6.04 Å². The summed E-state index contributed by atoms with van der Waals surface area (Å²) in [5.41, 5.74) is 3.55. The molecule has 3 heteroatoms. The van der Waals surface area contributed by atoms with E-state index in [1.165, 1.54) is 17.5 Å². The first-order valence-electron chi connectivity index (χ1n) is 7.10. The molecule has 1 N–H and O–H groups in total. The lowest BCUT2D eigenvalue weighted by molar-refractivity contribution is -0.143. The lowest BCUT2D eigenvalue weighted by Crippen LogP contribution is -2.45. The van der Waals surface area contributed by atoms with Crippen LogP contribution in [0.25, 0.3) is 0 Å². The van der Waals surface area contributed by atoms with Crippen LogP contribution in [0, 0.1) is 13.8 Å². The molecule has 1 unspecified atom stereocenters. The summed E-state index contributed by atoms with van der Waals surface area (Å²) in [6.07, 6.45) is 4.08. The van der Waals surface area contributed by atoms with Crippen molar-refractivity contribution < 1.29 is 9.90 Å². The number of nitrogens with zero attached hydrogens (tertiary/aromatic N) is 1. The minimum Gasteiger partial charge on any atom is -0.480 e. The molecule has 1 aromatic rings. The second-order valence-electron chi connectivity index (χ2n) is 5.65. The van der Waals surface area contributed by atoms with Crippen LogP contribution in [0.5, 0.6) is 0 Å². The average Bonchev–Trinajstić information content (AvgIpc) is 2.35. The molecule has 3 nitrogen and oxygen atoms in total. The first kappa shape index (κ1) is 14.1. The molecule has 19 heavy (non-hydrogen) atoms. The number of piperidine rings is 1. The summed E-state index contributed by atoms with van der Waals surface area (Å²) in [5, 5.41) is 9.48. The Morgan fingerprint density at radius 3 is 2.26 bits per heavy atom. The van der Waals surface area contributed by atoms with Crippen molar-refractivity contribution in [3.8, 4) is 0 Å². The van der Waals surface area contributed by atoms with E-state index in [4.69, 9.17) is 0 Å².